The van der Waals surface area contributed by atoms with Gasteiger partial charge in [-0.25, -0.2) is 13.1 Å². The monoisotopic (exact) mass is 394 g/mol. The van der Waals surface area contributed by atoms with Crippen molar-refractivity contribution in [3.05, 3.63) is 24.3 Å². The zero-order chi connectivity index (χ0) is 20.0. The van der Waals surface area contributed by atoms with Gasteiger partial charge in [0, 0.05) is 36.5 Å². The molecule has 0 aliphatic heterocycles. The van der Waals surface area contributed by atoms with E-state index in [0.29, 0.717) is 30.7 Å². The third kappa shape index (κ3) is 5.69. The van der Waals surface area contributed by atoms with E-state index in [9.17, 15) is 18.0 Å². The van der Waals surface area contributed by atoms with Crippen molar-refractivity contribution in [3.63, 3.8) is 0 Å². The molecule has 1 aliphatic rings. The molecule has 2 atom stereocenters. The van der Waals surface area contributed by atoms with Gasteiger partial charge in [0.25, 0.3) is 0 Å². The third-order valence-electron chi connectivity index (χ3n) is 4.13. The Bertz CT molecular complexity index is 866. The second-order valence-electron chi connectivity index (χ2n) is 6.22. The van der Waals surface area contributed by atoms with Crippen LogP contribution in [0.15, 0.2) is 34.2 Å². The van der Waals surface area contributed by atoms with Crippen molar-refractivity contribution >= 4 is 39.5 Å². The molecule has 1 aromatic carbocycles. The van der Waals surface area contributed by atoms with Gasteiger partial charge in [-0.2, -0.15) is 0 Å². The van der Waals surface area contributed by atoms with E-state index in [1.807, 2.05) is 0 Å². The van der Waals surface area contributed by atoms with Crippen LogP contribution in [-0.4, -0.2) is 49.9 Å². The maximum absolute atomic E-state index is 12.7. The molecule has 4 N–H and O–H groups in total. The fourth-order valence-electron chi connectivity index (χ4n) is 2.99. The second-order valence-corrected chi connectivity index (χ2v) is 7.94. The number of anilines is 1. The van der Waals surface area contributed by atoms with Crippen molar-refractivity contribution in [2.45, 2.75) is 37.1 Å². The molecule has 2 rings (SSSR count). The molecule has 9 nitrogen and oxygen atoms in total. The number of amides is 1. The van der Waals surface area contributed by atoms with Crippen LogP contribution in [0.25, 0.3) is 0 Å². The molecule has 0 saturated heterocycles. The van der Waals surface area contributed by atoms with Gasteiger partial charge >= 0.3 is 5.97 Å². The SMILES string of the molecule is CC(=O)Nc1cccc(S(=O)(=O)NC2CCCC(=NCC(=O)O)C2C=N)c1. The van der Waals surface area contributed by atoms with E-state index < -0.39 is 34.5 Å². The molecule has 0 spiro atoms. The number of carbonyl (C=O) groups is 2. The van der Waals surface area contributed by atoms with Crippen molar-refractivity contribution in [2.75, 3.05) is 11.9 Å². The van der Waals surface area contributed by atoms with E-state index in [2.05, 4.69) is 15.0 Å². The average molecular weight is 394 g/mol. The summed E-state index contributed by atoms with van der Waals surface area (Å²) in [6, 6.07) is 5.28. The first-order valence-electron chi connectivity index (χ1n) is 8.38. The lowest BCUT2D eigenvalue weighted by atomic mass is 9.84. The van der Waals surface area contributed by atoms with Crippen LogP contribution in [0.1, 0.15) is 26.2 Å². The van der Waals surface area contributed by atoms with Gasteiger partial charge in [0.15, 0.2) is 0 Å². The number of nitrogens with zero attached hydrogens (tertiary/aromatic N) is 1. The van der Waals surface area contributed by atoms with E-state index >= 15 is 0 Å². The number of hydrogen-bond acceptors (Lipinski definition) is 6. The highest BCUT2D eigenvalue weighted by Crippen LogP contribution is 2.24. The first kappa shape index (κ1) is 20.7. The molecule has 0 aromatic heterocycles. The Labute approximate surface area is 157 Å². The smallest absolute Gasteiger partial charge is 0.325 e. The van der Waals surface area contributed by atoms with Crippen molar-refractivity contribution in [2.24, 2.45) is 10.9 Å². The Morgan fingerprint density at radius 1 is 1.41 bits per heavy atom. The predicted octanol–water partition coefficient (Wildman–Crippen LogP) is 1.27. The van der Waals surface area contributed by atoms with Gasteiger partial charge in [0.2, 0.25) is 15.9 Å². The summed E-state index contributed by atoms with van der Waals surface area (Å²) in [4.78, 5) is 25.9. The van der Waals surface area contributed by atoms with Crippen LogP contribution >= 0.6 is 0 Å². The summed E-state index contributed by atoms with van der Waals surface area (Å²) in [5.41, 5.74) is 0.875. The fourth-order valence-corrected chi connectivity index (χ4v) is 4.33. The number of nitrogens with one attached hydrogen (secondary N) is 3. The summed E-state index contributed by atoms with van der Waals surface area (Å²) in [6.07, 6.45) is 2.78. The van der Waals surface area contributed by atoms with Crippen molar-refractivity contribution < 1.29 is 23.1 Å². The Morgan fingerprint density at radius 3 is 2.78 bits per heavy atom. The molecule has 0 heterocycles. The van der Waals surface area contributed by atoms with Crippen molar-refractivity contribution in [3.8, 4) is 0 Å². The first-order valence-corrected chi connectivity index (χ1v) is 9.87. The minimum Gasteiger partial charge on any atom is -0.480 e. The molecule has 1 aliphatic carbocycles. The fraction of sp³-hybridized carbons (Fsp3) is 0.412. The molecular formula is C17H22N4O5S. The van der Waals surface area contributed by atoms with Crippen LogP contribution in [0.5, 0.6) is 0 Å². The summed E-state index contributed by atoms with van der Waals surface area (Å²) < 4.78 is 28.1. The molecule has 1 amide bonds. The van der Waals surface area contributed by atoms with Crippen LogP contribution < -0.4 is 10.0 Å². The van der Waals surface area contributed by atoms with Crippen LogP contribution in [0.4, 0.5) is 5.69 Å². The van der Waals surface area contributed by atoms with Crippen molar-refractivity contribution in [1.82, 2.24) is 4.72 Å². The third-order valence-corrected chi connectivity index (χ3v) is 5.62. The number of carbonyl (C=O) groups excluding carboxylic acids is 1. The lowest BCUT2D eigenvalue weighted by molar-refractivity contribution is -0.135. The highest BCUT2D eigenvalue weighted by molar-refractivity contribution is 7.89. The van der Waals surface area contributed by atoms with Gasteiger partial charge in [-0.15, -0.1) is 0 Å². The molecule has 1 aromatic rings. The summed E-state index contributed by atoms with van der Waals surface area (Å²) in [5, 5.41) is 19.0. The molecule has 0 radical (unpaired) electrons. The Balaban J connectivity index is 2.22. The minimum absolute atomic E-state index is 0.00733. The maximum atomic E-state index is 12.7. The van der Waals surface area contributed by atoms with Crippen LogP contribution in [-0.2, 0) is 19.6 Å². The molecule has 146 valence electrons. The van der Waals surface area contributed by atoms with Crippen LogP contribution in [0.2, 0.25) is 0 Å². The lowest BCUT2D eigenvalue weighted by Crippen LogP contribution is -2.46. The Kier molecular flexibility index (Phi) is 6.81. The van der Waals surface area contributed by atoms with E-state index in [1.165, 1.54) is 25.1 Å². The minimum atomic E-state index is -3.89. The standard InChI is InChI=1S/C17H22N4O5S/c1-11(22)20-12-4-2-5-13(8-12)27(25,26)21-16-7-3-6-15(14(16)9-18)19-10-17(23)24/h2,4-5,8-9,14,16,18,21H,3,6-7,10H2,1H3,(H,20,22)(H,23,24). The molecule has 2 unspecified atom stereocenters. The van der Waals surface area contributed by atoms with Gasteiger partial charge in [-0.05, 0) is 37.5 Å². The molecule has 0 bridgehead atoms. The summed E-state index contributed by atoms with van der Waals surface area (Å²) in [6.45, 7) is 0.923. The molecular weight excluding hydrogens is 372 g/mol. The van der Waals surface area contributed by atoms with Gasteiger partial charge in [0.05, 0.1) is 4.90 Å². The zero-order valence-electron chi connectivity index (χ0n) is 14.8. The normalized spacial score (nSPS) is 21.6. The highest BCUT2D eigenvalue weighted by atomic mass is 32.2. The number of aliphatic imine (C=N–C) groups is 1. The van der Waals surface area contributed by atoms with E-state index in [4.69, 9.17) is 10.5 Å². The zero-order valence-corrected chi connectivity index (χ0v) is 15.6. The molecule has 1 fully saturated rings. The first-order chi connectivity index (χ1) is 12.7. The number of benzene rings is 1. The Morgan fingerprint density at radius 2 is 2.15 bits per heavy atom. The van der Waals surface area contributed by atoms with E-state index in [1.54, 1.807) is 6.07 Å². The van der Waals surface area contributed by atoms with E-state index in [0.717, 1.165) is 6.21 Å². The molecule has 10 heteroatoms. The average Bonchev–Trinajstić information content (AvgIpc) is 2.59. The predicted molar refractivity (Wildman–Crippen MR) is 101 cm³/mol. The number of sulfonamides is 1. The van der Waals surface area contributed by atoms with Gasteiger partial charge in [-0.3, -0.25) is 14.6 Å². The van der Waals surface area contributed by atoms with E-state index in [-0.39, 0.29) is 10.8 Å². The number of hydrogen-bond donors (Lipinski definition) is 4. The number of aliphatic carboxylic acids is 1. The van der Waals surface area contributed by atoms with Gasteiger partial charge in [-0.1, -0.05) is 6.07 Å². The second kappa shape index (κ2) is 8.87. The highest BCUT2D eigenvalue weighted by Gasteiger charge is 2.32. The summed E-state index contributed by atoms with van der Waals surface area (Å²) in [5.74, 6) is -1.98. The topological polar surface area (TPSA) is 149 Å². The Hall–Kier alpha value is -2.59. The lowest BCUT2D eigenvalue weighted by Gasteiger charge is -2.30. The number of carboxylic acid groups (broad SMARTS) is 1. The molecule has 27 heavy (non-hydrogen) atoms. The summed E-state index contributed by atoms with van der Waals surface area (Å²) in [7, 11) is -3.89. The van der Waals surface area contributed by atoms with Gasteiger partial charge < -0.3 is 15.8 Å². The summed E-state index contributed by atoms with van der Waals surface area (Å²) >= 11 is 0. The van der Waals surface area contributed by atoms with Crippen LogP contribution in [0.3, 0.4) is 0 Å². The largest absolute Gasteiger partial charge is 0.480 e. The maximum Gasteiger partial charge on any atom is 0.325 e. The quantitative estimate of drug-likeness (QED) is 0.514. The number of rotatable bonds is 7. The van der Waals surface area contributed by atoms with Crippen LogP contribution in [0, 0.1) is 11.3 Å². The van der Waals surface area contributed by atoms with Gasteiger partial charge in [0.1, 0.15) is 6.54 Å². The number of carboxylic acids is 1. The molecule has 1 saturated carbocycles. The van der Waals surface area contributed by atoms with Crippen molar-refractivity contribution in [1.29, 1.82) is 5.41 Å².